The molecule has 0 unspecified atom stereocenters. The minimum atomic E-state index is -0.0683. The number of benzene rings is 1. The zero-order valence-corrected chi connectivity index (χ0v) is 7.15. The van der Waals surface area contributed by atoms with Crippen molar-refractivity contribution < 1.29 is 10.2 Å². The van der Waals surface area contributed by atoms with Crippen molar-refractivity contribution in [3.8, 4) is 6.07 Å². The number of hydrogen-bond acceptors (Lipinski definition) is 3. The van der Waals surface area contributed by atoms with Crippen LogP contribution in [0.4, 0.5) is 0 Å². The Labute approximate surface area is 79.3 Å². The molecule has 1 aromatic carbocycles. The van der Waals surface area contributed by atoms with Gasteiger partial charge in [-0.15, -0.1) is 0 Å². The maximum atomic E-state index is 8.62. The second-order valence-electron chi connectivity index (χ2n) is 2.73. The Morgan fingerprint density at radius 1 is 1.50 bits per heavy atom. The first-order valence-corrected chi connectivity index (χ1v) is 3.97. The number of nitrogens with zero attached hydrogens (tertiary/aromatic N) is 2. The first-order valence-electron chi connectivity index (χ1n) is 3.97. The fraction of sp³-hybridized carbons (Fsp3) is 0. The van der Waals surface area contributed by atoms with Crippen molar-refractivity contribution in [2.75, 3.05) is 0 Å². The minimum absolute atomic E-state index is 0.0683. The van der Waals surface area contributed by atoms with Crippen molar-refractivity contribution in [1.82, 2.24) is 4.98 Å². The number of imidazole rings is 1. The smallest absolute Gasteiger partial charge is 0.318 e. The van der Waals surface area contributed by atoms with Crippen LogP contribution in [0.25, 0.3) is 11.0 Å². The molecular formula is C9H7N4O+. The molecule has 0 saturated heterocycles. The fourth-order valence-corrected chi connectivity index (χ4v) is 1.25. The van der Waals surface area contributed by atoms with Gasteiger partial charge in [0.05, 0.1) is 0 Å². The Morgan fingerprint density at radius 3 is 2.93 bits per heavy atom. The van der Waals surface area contributed by atoms with Crippen molar-refractivity contribution in [2.24, 2.45) is 5.16 Å². The summed E-state index contributed by atoms with van der Waals surface area (Å²) in [4.78, 5) is 5.86. The second kappa shape index (κ2) is 3.18. The number of H-pyrrole nitrogens is 2. The van der Waals surface area contributed by atoms with Crippen LogP contribution in [0, 0.1) is 11.3 Å². The Kier molecular flexibility index (Phi) is 1.88. The molecule has 0 aliphatic heterocycles. The average Bonchev–Trinajstić information content (AvgIpc) is 2.63. The highest BCUT2D eigenvalue weighted by Crippen LogP contribution is 2.06. The number of oxime groups is 1. The summed E-state index contributed by atoms with van der Waals surface area (Å²) in [6, 6.07) is 9.24. The Morgan fingerprint density at radius 2 is 2.29 bits per heavy atom. The predicted octanol–water partition coefficient (Wildman–Crippen LogP) is 0.684. The summed E-state index contributed by atoms with van der Waals surface area (Å²) in [6.45, 7) is 0. The van der Waals surface area contributed by atoms with Gasteiger partial charge in [0.2, 0.25) is 0 Å². The van der Waals surface area contributed by atoms with Crippen LogP contribution in [0.1, 0.15) is 5.82 Å². The number of aromatic amines is 2. The van der Waals surface area contributed by atoms with E-state index in [0.29, 0.717) is 5.82 Å². The molecule has 2 aromatic rings. The van der Waals surface area contributed by atoms with Gasteiger partial charge in [0, 0.05) is 0 Å². The van der Waals surface area contributed by atoms with Gasteiger partial charge in [0.25, 0.3) is 5.71 Å². The topological polar surface area (TPSA) is 86.3 Å². The van der Waals surface area contributed by atoms with E-state index in [2.05, 4.69) is 15.1 Å². The van der Waals surface area contributed by atoms with Crippen LogP contribution < -0.4 is 4.98 Å². The van der Waals surface area contributed by atoms with Crippen molar-refractivity contribution in [1.29, 1.82) is 5.26 Å². The molecule has 68 valence electrons. The van der Waals surface area contributed by atoms with E-state index in [1.165, 1.54) is 0 Å². The Balaban J connectivity index is 2.62. The van der Waals surface area contributed by atoms with E-state index < -0.39 is 0 Å². The molecule has 0 atom stereocenters. The monoisotopic (exact) mass is 187 g/mol. The number of fused-ring (bicyclic) bond motifs is 1. The number of hydrogen-bond donors (Lipinski definition) is 2. The van der Waals surface area contributed by atoms with Crippen LogP contribution in [-0.4, -0.2) is 15.9 Å². The zero-order valence-electron chi connectivity index (χ0n) is 7.15. The van der Waals surface area contributed by atoms with Crippen LogP contribution in [0.3, 0.4) is 0 Å². The molecule has 2 rings (SSSR count). The van der Waals surface area contributed by atoms with Crippen molar-refractivity contribution in [3.05, 3.63) is 30.1 Å². The summed E-state index contributed by atoms with van der Waals surface area (Å²) >= 11 is 0. The van der Waals surface area contributed by atoms with Gasteiger partial charge in [-0.05, 0) is 12.1 Å². The van der Waals surface area contributed by atoms with Gasteiger partial charge in [0.15, 0.2) is 11.0 Å². The molecule has 0 aliphatic rings. The number of para-hydroxylation sites is 2. The van der Waals surface area contributed by atoms with E-state index in [1.54, 1.807) is 6.07 Å². The molecule has 3 N–H and O–H groups in total. The molecule has 0 bridgehead atoms. The maximum Gasteiger partial charge on any atom is 0.318 e. The third-order valence-corrected chi connectivity index (χ3v) is 1.89. The third-order valence-electron chi connectivity index (χ3n) is 1.89. The normalized spacial score (nSPS) is 11.5. The van der Waals surface area contributed by atoms with Gasteiger partial charge in [-0.1, -0.05) is 17.3 Å². The highest BCUT2D eigenvalue weighted by molar-refractivity contribution is 6.08. The van der Waals surface area contributed by atoms with Gasteiger partial charge in [-0.3, -0.25) is 0 Å². The molecule has 0 radical (unpaired) electrons. The molecule has 1 heterocycles. The number of aromatic nitrogens is 2. The largest absolute Gasteiger partial charge is 0.410 e. The van der Waals surface area contributed by atoms with Crippen LogP contribution >= 0.6 is 0 Å². The van der Waals surface area contributed by atoms with E-state index in [9.17, 15) is 0 Å². The van der Waals surface area contributed by atoms with E-state index in [-0.39, 0.29) is 5.71 Å². The molecule has 0 saturated carbocycles. The van der Waals surface area contributed by atoms with Crippen molar-refractivity contribution in [3.63, 3.8) is 0 Å². The molecule has 0 fully saturated rings. The molecular weight excluding hydrogens is 180 g/mol. The Bertz CT molecular complexity index is 502. The van der Waals surface area contributed by atoms with Gasteiger partial charge >= 0.3 is 5.82 Å². The van der Waals surface area contributed by atoms with Crippen LogP contribution in [-0.2, 0) is 0 Å². The third kappa shape index (κ3) is 1.19. The lowest BCUT2D eigenvalue weighted by Crippen LogP contribution is -2.13. The molecule has 5 heteroatoms. The lowest BCUT2D eigenvalue weighted by atomic mass is 10.3. The van der Waals surface area contributed by atoms with E-state index in [1.807, 2.05) is 24.3 Å². The molecule has 14 heavy (non-hydrogen) atoms. The maximum absolute atomic E-state index is 8.62. The summed E-state index contributed by atoms with van der Waals surface area (Å²) < 4.78 is 0. The molecule has 0 spiro atoms. The van der Waals surface area contributed by atoms with Gasteiger partial charge < -0.3 is 5.21 Å². The van der Waals surface area contributed by atoms with E-state index in [0.717, 1.165) is 11.0 Å². The standard InChI is InChI=1S/C9H6N4O/c10-5-8(13-14)9-11-6-3-1-2-4-7(6)12-9/h1-4,14H,(H,11,12)/p+1. The summed E-state index contributed by atoms with van der Waals surface area (Å²) in [5.41, 5.74) is 1.65. The number of rotatable bonds is 1. The molecule has 0 amide bonds. The van der Waals surface area contributed by atoms with Crippen LogP contribution in [0.2, 0.25) is 0 Å². The highest BCUT2D eigenvalue weighted by atomic mass is 16.4. The van der Waals surface area contributed by atoms with E-state index >= 15 is 0 Å². The van der Waals surface area contributed by atoms with Crippen molar-refractivity contribution >= 4 is 16.7 Å². The van der Waals surface area contributed by atoms with Gasteiger partial charge in [-0.25, -0.2) is 9.97 Å². The lowest BCUT2D eigenvalue weighted by Gasteiger charge is -1.78. The van der Waals surface area contributed by atoms with Crippen molar-refractivity contribution in [2.45, 2.75) is 0 Å². The second-order valence-corrected chi connectivity index (χ2v) is 2.73. The fourth-order valence-electron chi connectivity index (χ4n) is 1.25. The predicted molar refractivity (Wildman–Crippen MR) is 48.8 cm³/mol. The number of nitriles is 1. The highest BCUT2D eigenvalue weighted by Gasteiger charge is 2.15. The first-order chi connectivity index (χ1) is 6.85. The first kappa shape index (κ1) is 8.26. The summed E-state index contributed by atoms with van der Waals surface area (Å²) in [5, 5.41) is 20.0. The molecule has 0 aliphatic carbocycles. The average molecular weight is 187 g/mol. The van der Waals surface area contributed by atoms with Crippen LogP contribution in [0.15, 0.2) is 29.4 Å². The Hall–Kier alpha value is -2.35. The van der Waals surface area contributed by atoms with Gasteiger partial charge in [-0.2, -0.15) is 5.26 Å². The number of nitrogens with one attached hydrogen (secondary N) is 2. The van der Waals surface area contributed by atoms with Crippen LogP contribution in [0.5, 0.6) is 0 Å². The van der Waals surface area contributed by atoms with Gasteiger partial charge in [0.1, 0.15) is 6.07 Å². The minimum Gasteiger partial charge on any atom is -0.410 e. The summed E-state index contributed by atoms with van der Waals surface area (Å²) in [7, 11) is 0. The summed E-state index contributed by atoms with van der Waals surface area (Å²) in [6.07, 6.45) is 0. The van der Waals surface area contributed by atoms with E-state index in [4.69, 9.17) is 10.5 Å². The summed E-state index contributed by atoms with van der Waals surface area (Å²) in [5.74, 6) is 0.399. The molecule has 5 nitrogen and oxygen atoms in total. The quantitative estimate of drug-likeness (QED) is 0.391. The molecule has 1 aromatic heterocycles. The lowest BCUT2D eigenvalue weighted by molar-refractivity contribution is -0.346. The zero-order chi connectivity index (χ0) is 9.97. The SMILES string of the molecule is N#CC(=NO)c1[nH]c2ccccc2[nH+]1.